The Bertz CT molecular complexity index is 382. The van der Waals surface area contributed by atoms with Crippen LogP contribution in [-0.4, -0.2) is 11.9 Å². The number of hydrogen-bond donors (Lipinski definition) is 1. The standard InChI is InChI=1S/C11H13FO3/c1-11(2,13)8-3-7(5-12)4-9-10(8)15-6-14-9/h3-4,13H,5-6H2,1-2H3. The molecule has 0 aromatic heterocycles. The second-order valence-corrected chi connectivity index (χ2v) is 4.07. The van der Waals surface area contributed by atoms with E-state index < -0.39 is 12.3 Å². The molecule has 0 fully saturated rings. The van der Waals surface area contributed by atoms with Crippen molar-refractivity contribution in [3.8, 4) is 11.5 Å². The van der Waals surface area contributed by atoms with Gasteiger partial charge in [-0.15, -0.1) is 0 Å². The molecule has 1 aromatic carbocycles. The van der Waals surface area contributed by atoms with E-state index in [1.54, 1.807) is 26.0 Å². The van der Waals surface area contributed by atoms with Crippen molar-refractivity contribution < 1.29 is 19.0 Å². The van der Waals surface area contributed by atoms with E-state index in [2.05, 4.69) is 0 Å². The van der Waals surface area contributed by atoms with E-state index in [0.717, 1.165) is 0 Å². The van der Waals surface area contributed by atoms with E-state index in [1.165, 1.54) is 0 Å². The van der Waals surface area contributed by atoms with Gasteiger partial charge in [0, 0.05) is 5.56 Å². The van der Waals surface area contributed by atoms with Crippen LogP contribution in [0, 0.1) is 0 Å². The minimum Gasteiger partial charge on any atom is -0.454 e. The molecule has 15 heavy (non-hydrogen) atoms. The smallest absolute Gasteiger partial charge is 0.231 e. The van der Waals surface area contributed by atoms with Gasteiger partial charge in [-0.05, 0) is 31.5 Å². The SMILES string of the molecule is CC(C)(O)c1cc(CF)cc2c1OCO2. The molecule has 0 saturated heterocycles. The fourth-order valence-corrected chi connectivity index (χ4v) is 1.60. The summed E-state index contributed by atoms with van der Waals surface area (Å²) < 4.78 is 23.0. The lowest BCUT2D eigenvalue weighted by Gasteiger charge is -2.20. The molecule has 1 aliphatic heterocycles. The number of alkyl halides is 1. The maximum absolute atomic E-state index is 12.6. The molecular formula is C11H13FO3. The van der Waals surface area contributed by atoms with Crippen LogP contribution in [0.4, 0.5) is 4.39 Å². The average molecular weight is 212 g/mol. The summed E-state index contributed by atoms with van der Waals surface area (Å²) >= 11 is 0. The Kier molecular flexibility index (Phi) is 2.31. The van der Waals surface area contributed by atoms with Crippen molar-refractivity contribution in [3.63, 3.8) is 0 Å². The van der Waals surface area contributed by atoms with Gasteiger partial charge in [0.1, 0.15) is 6.67 Å². The normalized spacial score (nSPS) is 14.4. The summed E-state index contributed by atoms with van der Waals surface area (Å²) in [6.07, 6.45) is 0. The highest BCUT2D eigenvalue weighted by Gasteiger charge is 2.28. The van der Waals surface area contributed by atoms with Gasteiger partial charge in [-0.2, -0.15) is 0 Å². The molecule has 0 atom stereocenters. The van der Waals surface area contributed by atoms with Gasteiger partial charge < -0.3 is 14.6 Å². The van der Waals surface area contributed by atoms with Crippen molar-refractivity contribution >= 4 is 0 Å². The lowest BCUT2D eigenvalue weighted by atomic mass is 9.95. The van der Waals surface area contributed by atoms with E-state index in [-0.39, 0.29) is 6.79 Å². The molecule has 0 spiro atoms. The molecule has 0 amide bonds. The van der Waals surface area contributed by atoms with Gasteiger partial charge in [-0.3, -0.25) is 0 Å². The summed E-state index contributed by atoms with van der Waals surface area (Å²) in [5.41, 5.74) is -0.0234. The first-order chi connectivity index (χ1) is 7.02. The molecule has 1 aliphatic rings. The summed E-state index contributed by atoms with van der Waals surface area (Å²) in [5, 5.41) is 9.92. The molecule has 1 N–H and O–H groups in total. The van der Waals surface area contributed by atoms with Gasteiger partial charge in [0.15, 0.2) is 11.5 Å². The minimum atomic E-state index is -1.07. The van der Waals surface area contributed by atoms with Crippen LogP contribution in [0.3, 0.4) is 0 Å². The number of benzene rings is 1. The van der Waals surface area contributed by atoms with E-state index in [9.17, 15) is 9.50 Å². The van der Waals surface area contributed by atoms with Crippen LogP contribution in [0.5, 0.6) is 11.5 Å². The molecule has 0 radical (unpaired) electrons. The molecule has 82 valence electrons. The molecule has 0 saturated carbocycles. The Hall–Kier alpha value is -1.29. The van der Waals surface area contributed by atoms with Crippen LogP contribution in [0.25, 0.3) is 0 Å². The van der Waals surface area contributed by atoms with Crippen molar-refractivity contribution in [2.75, 3.05) is 6.79 Å². The Labute approximate surface area is 87.4 Å². The summed E-state index contributed by atoms with van der Waals surface area (Å²) in [7, 11) is 0. The van der Waals surface area contributed by atoms with Crippen LogP contribution in [0.2, 0.25) is 0 Å². The van der Waals surface area contributed by atoms with Gasteiger partial charge in [0.05, 0.1) is 5.60 Å². The van der Waals surface area contributed by atoms with Crippen molar-refractivity contribution in [2.24, 2.45) is 0 Å². The van der Waals surface area contributed by atoms with E-state index in [1.807, 2.05) is 0 Å². The monoisotopic (exact) mass is 212 g/mol. The summed E-state index contributed by atoms with van der Waals surface area (Å²) in [4.78, 5) is 0. The Morgan fingerprint density at radius 3 is 2.73 bits per heavy atom. The molecule has 1 heterocycles. The van der Waals surface area contributed by atoms with Crippen LogP contribution >= 0.6 is 0 Å². The molecule has 0 unspecified atom stereocenters. The molecule has 3 nitrogen and oxygen atoms in total. The Balaban J connectivity index is 2.57. The first-order valence-electron chi connectivity index (χ1n) is 4.73. The minimum absolute atomic E-state index is 0.119. The number of rotatable bonds is 2. The quantitative estimate of drug-likeness (QED) is 0.816. The highest BCUT2D eigenvalue weighted by molar-refractivity contribution is 5.52. The summed E-state index contributed by atoms with van der Waals surface area (Å²) in [5.74, 6) is 1.02. The highest BCUT2D eigenvalue weighted by Crippen LogP contribution is 2.41. The first kappa shape index (κ1) is 10.2. The maximum Gasteiger partial charge on any atom is 0.231 e. The highest BCUT2D eigenvalue weighted by atomic mass is 19.1. The van der Waals surface area contributed by atoms with Crippen molar-refractivity contribution in [1.82, 2.24) is 0 Å². The predicted molar refractivity (Wildman–Crippen MR) is 52.6 cm³/mol. The topological polar surface area (TPSA) is 38.7 Å². The van der Waals surface area contributed by atoms with Crippen LogP contribution in [0.1, 0.15) is 25.0 Å². The van der Waals surface area contributed by atoms with Crippen LogP contribution < -0.4 is 9.47 Å². The fraction of sp³-hybridized carbons (Fsp3) is 0.455. The lowest BCUT2D eigenvalue weighted by molar-refractivity contribution is 0.0743. The third-order valence-corrected chi connectivity index (χ3v) is 2.35. The third kappa shape index (κ3) is 1.77. The average Bonchev–Trinajstić information content (AvgIpc) is 2.61. The lowest BCUT2D eigenvalue weighted by Crippen LogP contribution is -2.16. The van der Waals surface area contributed by atoms with Crippen molar-refractivity contribution in [1.29, 1.82) is 0 Å². The first-order valence-corrected chi connectivity index (χ1v) is 4.73. The second-order valence-electron chi connectivity index (χ2n) is 4.07. The van der Waals surface area contributed by atoms with Crippen LogP contribution in [0.15, 0.2) is 12.1 Å². The van der Waals surface area contributed by atoms with Gasteiger partial charge >= 0.3 is 0 Å². The van der Waals surface area contributed by atoms with Crippen molar-refractivity contribution in [3.05, 3.63) is 23.3 Å². The van der Waals surface area contributed by atoms with Crippen LogP contribution in [-0.2, 0) is 12.3 Å². The summed E-state index contributed by atoms with van der Waals surface area (Å²) in [6, 6.07) is 3.20. The van der Waals surface area contributed by atoms with E-state index >= 15 is 0 Å². The fourth-order valence-electron chi connectivity index (χ4n) is 1.60. The number of aliphatic hydroxyl groups is 1. The Morgan fingerprint density at radius 2 is 2.13 bits per heavy atom. The summed E-state index contributed by atoms with van der Waals surface area (Å²) in [6.45, 7) is 2.80. The molecule has 2 rings (SSSR count). The predicted octanol–water partition coefficient (Wildman–Crippen LogP) is 2.11. The molecule has 0 bridgehead atoms. The number of fused-ring (bicyclic) bond motifs is 1. The third-order valence-electron chi connectivity index (χ3n) is 2.35. The molecule has 0 aliphatic carbocycles. The largest absolute Gasteiger partial charge is 0.454 e. The van der Waals surface area contributed by atoms with E-state index in [0.29, 0.717) is 22.6 Å². The van der Waals surface area contributed by atoms with Crippen molar-refractivity contribution in [2.45, 2.75) is 26.1 Å². The molecule has 1 aromatic rings. The number of ether oxygens (including phenoxy) is 2. The van der Waals surface area contributed by atoms with Gasteiger partial charge in [0.2, 0.25) is 6.79 Å². The second kappa shape index (κ2) is 3.38. The zero-order valence-corrected chi connectivity index (χ0v) is 8.71. The number of hydrogen-bond acceptors (Lipinski definition) is 3. The van der Waals surface area contributed by atoms with E-state index in [4.69, 9.17) is 9.47 Å². The number of halogens is 1. The van der Waals surface area contributed by atoms with Gasteiger partial charge in [-0.25, -0.2) is 4.39 Å². The maximum atomic E-state index is 12.6. The van der Waals surface area contributed by atoms with Gasteiger partial charge in [-0.1, -0.05) is 0 Å². The zero-order valence-electron chi connectivity index (χ0n) is 8.71. The Morgan fingerprint density at radius 1 is 1.40 bits per heavy atom. The molecular weight excluding hydrogens is 199 g/mol. The zero-order chi connectivity index (χ0) is 11.1. The molecule has 4 heteroatoms. The van der Waals surface area contributed by atoms with Gasteiger partial charge in [0.25, 0.3) is 0 Å².